The lowest BCUT2D eigenvalue weighted by molar-refractivity contribution is -0.126. The van der Waals surface area contributed by atoms with E-state index < -0.39 is 36.0 Å². The maximum absolute atomic E-state index is 14.1. The molecule has 2 aromatic rings. The Bertz CT molecular complexity index is 947. The van der Waals surface area contributed by atoms with Crippen molar-refractivity contribution in [2.24, 2.45) is 7.05 Å². The van der Waals surface area contributed by atoms with E-state index in [1.54, 1.807) is 31.3 Å². The first kappa shape index (κ1) is 17.8. The largest absolute Gasteiger partial charge is 0.344 e. The number of aromatic nitrogens is 2. The summed E-state index contributed by atoms with van der Waals surface area (Å²) in [6.45, 7) is 1.79. The molecule has 7 nitrogen and oxygen atoms in total. The Morgan fingerprint density at radius 3 is 2.65 bits per heavy atom. The number of hydrogen-bond acceptors (Lipinski definition) is 3. The van der Waals surface area contributed by atoms with Gasteiger partial charge in [-0.15, -0.1) is 0 Å². The third kappa shape index (κ3) is 3.00. The molecule has 0 bridgehead atoms. The van der Waals surface area contributed by atoms with Crippen molar-refractivity contribution < 1.29 is 18.4 Å². The zero-order valence-electron chi connectivity index (χ0n) is 14.1. The summed E-state index contributed by atoms with van der Waals surface area (Å²) in [4.78, 5) is 37.0. The Morgan fingerprint density at radius 2 is 2.00 bits per heavy atom. The fraction of sp³-hybridized carbons (Fsp3) is 0.353. The highest BCUT2D eigenvalue weighted by Gasteiger charge is 2.49. The maximum Gasteiger partial charge on any atom is 0.329 e. The number of rotatable bonds is 4. The number of para-hydroxylation sites is 2. The molecular weight excluding hydrogens is 346 g/mol. The van der Waals surface area contributed by atoms with Crippen LogP contribution in [0.2, 0.25) is 0 Å². The number of halogens is 2. The molecule has 0 radical (unpaired) electrons. The van der Waals surface area contributed by atoms with Crippen molar-refractivity contribution in [3.8, 4) is 0 Å². The van der Waals surface area contributed by atoms with Gasteiger partial charge in [-0.25, -0.2) is 13.6 Å². The van der Waals surface area contributed by atoms with E-state index in [-0.39, 0.29) is 13.1 Å². The minimum atomic E-state index is -3.25. The molecule has 1 N–H and O–H groups in total. The second kappa shape index (κ2) is 6.40. The van der Waals surface area contributed by atoms with Crippen LogP contribution in [-0.4, -0.2) is 50.9 Å². The van der Waals surface area contributed by atoms with Gasteiger partial charge in [0.1, 0.15) is 12.6 Å². The number of fused-ring (bicyclic) bond motifs is 1. The molecule has 138 valence electrons. The van der Waals surface area contributed by atoms with Crippen LogP contribution in [0.15, 0.2) is 41.7 Å². The van der Waals surface area contributed by atoms with Gasteiger partial charge in [0.2, 0.25) is 11.8 Å². The highest BCUT2D eigenvalue weighted by atomic mass is 19.3. The summed E-state index contributed by atoms with van der Waals surface area (Å²) in [5.74, 6) is -4.59. The first-order valence-electron chi connectivity index (χ1n) is 7.97. The van der Waals surface area contributed by atoms with Crippen molar-refractivity contribution in [2.75, 3.05) is 13.1 Å². The van der Waals surface area contributed by atoms with Crippen LogP contribution in [0.3, 0.4) is 0 Å². The fourth-order valence-electron chi connectivity index (χ4n) is 3.13. The predicted molar refractivity (Wildman–Crippen MR) is 90.8 cm³/mol. The van der Waals surface area contributed by atoms with Crippen LogP contribution < -0.4 is 11.0 Å². The van der Waals surface area contributed by atoms with Crippen molar-refractivity contribution in [3.63, 3.8) is 0 Å². The number of imidazole rings is 1. The predicted octanol–water partition coefficient (Wildman–Crippen LogP) is 0.488. The molecule has 2 amide bonds. The second-order valence-corrected chi connectivity index (χ2v) is 6.22. The first-order valence-corrected chi connectivity index (χ1v) is 7.97. The van der Waals surface area contributed by atoms with Gasteiger partial charge in [-0.1, -0.05) is 18.7 Å². The highest BCUT2D eigenvalue weighted by molar-refractivity contribution is 5.87. The second-order valence-electron chi connectivity index (χ2n) is 6.22. The third-order valence-electron chi connectivity index (χ3n) is 4.49. The van der Waals surface area contributed by atoms with Crippen LogP contribution in [0.4, 0.5) is 8.78 Å². The Hall–Kier alpha value is -2.97. The lowest BCUT2D eigenvalue weighted by Crippen LogP contribution is -2.48. The summed E-state index contributed by atoms with van der Waals surface area (Å²) >= 11 is 0. The van der Waals surface area contributed by atoms with Gasteiger partial charge in [0.05, 0.1) is 17.6 Å². The Morgan fingerprint density at radius 1 is 1.35 bits per heavy atom. The average molecular weight is 364 g/mol. The molecule has 1 saturated heterocycles. The van der Waals surface area contributed by atoms with Crippen LogP contribution in [0.1, 0.15) is 0 Å². The molecule has 3 rings (SSSR count). The van der Waals surface area contributed by atoms with Gasteiger partial charge < -0.3 is 10.2 Å². The fourth-order valence-corrected chi connectivity index (χ4v) is 3.13. The Labute approximate surface area is 147 Å². The molecule has 1 atom stereocenters. The highest BCUT2D eigenvalue weighted by Crippen LogP contribution is 2.27. The number of aryl methyl sites for hydroxylation is 1. The third-order valence-corrected chi connectivity index (χ3v) is 4.49. The monoisotopic (exact) mass is 364 g/mol. The number of hydrogen-bond donors (Lipinski definition) is 1. The molecule has 0 aliphatic carbocycles. The number of carbonyl (C=O) groups is 2. The number of alkyl halides is 2. The summed E-state index contributed by atoms with van der Waals surface area (Å²) in [5, 5.41) is 2.24. The summed E-state index contributed by atoms with van der Waals surface area (Å²) in [5.41, 5.74) is 0.763. The lowest BCUT2D eigenvalue weighted by atomic mass is 10.2. The van der Waals surface area contributed by atoms with Crippen molar-refractivity contribution in [1.29, 1.82) is 0 Å². The van der Waals surface area contributed by atoms with Gasteiger partial charge in [0, 0.05) is 13.6 Å². The minimum Gasteiger partial charge on any atom is -0.344 e. The average Bonchev–Trinajstić information content (AvgIpc) is 3.03. The SMILES string of the molecule is C=CC(=O)N1CC(NC(=O)Cn2c(=O)n(C)c3ccccc32)C(F)(F)C1. The summed E-state index contributed by atoms with van der Waals surface area (Å²) in [6, 6.07) is 5.38. The Balaban J connectivity index is 1.78. The van der Waals surface area contributed by atoms with Crippen molar-refractivity contribution in [2.45, 2.75) is 18.5 Å². The Kier molecular flexibility index (Phi) is 4.39. The van der Waals surface area contributed by atoms with Crippen molar-refractivity contribution in [1.82, 2.24) is 19.4 Å². The van der Waals surface area contributed by atoms with E-state index in [4.69, 9.17) is 0 Å². The minimum absolute atomic E-state index is 0.311. The van der Waals surface area contributed by atoms with Gasteiger partial charge in [-0.2, -0.15) is 0 Å². The molecular formula is C17H18F2N4O3. The maximum atomic E-state index is 14.1. The molecule has 1 aliphatic heterocycles. The molecule has 0 spiro atoms. The normalized spacial score (nSPS) is 18.9. The van der Waals surface area contributed by atoms with E-state index in [2.05, 4.69) is 11.9 Å². The van der Waals surface area contributed by atoms with Crippen LogP contribution in [-0.2, 0) is 23.2 Å². The molecule has 9 heteroatoms. The van der Waals surface area contributed by atoms with Crippen molar-refractivity contribution in [3.05, 3.63) is 47.4 Å². The van der Waals surface area contributed by atoms with Crippen LogP contribution in [0, 0.1) is 0 Å². The lowest BCUT2D eigenvalue weighted by Gasteiger charge is -2.18. The number of nitrogens with zero attached hydrogens (tertiary/aromatic N) is 3. The van der Waals surface area contributed by atoms with Crippen molar-refractivity contribution >= 4 is 22.8 Å². The van der Waals surface area contributed by atoms with E-state index in [1.807, 2.05) is 0 Å². The summed E-state index contributed by atoms with van der Waals surface area (Å²) in [6.07, 6.45) is 0.954. The van der Waals surface area contributed by atoms with E-state index in [0.717, 1.165) is 11.0 Å². The standard InChI is InChI=1S/C17H18F2N4O3/c1-3-15(25)22-8-13(17(18,19)10-22)20-14(24)9-23-12-7-5-4-6-11(12)21(2)16(23)26/h3-7,13H,1,8-10H2,2H3,(H,20,24). The van der Waals surface area contributed by atoms with Gasteiger partial charge >= 0.3 is 5.69 Å². The van der Waals surface area contributed by atoms with Crippen LogP contribution in [0.25, 0.3) is 11.0 Å². The molecule has 1 unspecified atom stereocenters. The molecule has 1 fully saturated rings. The summed E-state index contributed by atoms with van der Waals surface area (Å²) in [7, 11) is 1.57. The number of amides is 2. The van der Waals surface area contributed by atoms with E-state index in [9.17, 15) is 23.2 Å². The van der Waals surface area contributed by atoms with Gasteiger partial charge in [-0.3, -0.25) is 18.7 Å². The topological polar surface area (TPSA) is 76.3 Å². The van der Waals surface area contributed by atoms with Gasteiger partial charge in [0.25, 0.3) is 5.92 Å². The van der Waals surface area contributed by atoms with E-state index >= 15 is 0 Å². The van der Waals surface area contributed by atoms with Crippen LogP contribution in [0.5, 0.6) is 0 Å². The molecule has 1 aromatic carbocycles. The zero-order valence-corrected chi connectivity index (χ0v) is 14.1. The summed E-state index contributed by atoms with van der Waals surface area (Å²) < 4.78 is 30.8. The number of benzene rings is 1. The number of carbonyl (C=O) groups excluding carboxylic acids is 2. The van der Waals surface area contributed by atoms with Gasteiger partial charge in [0.15, 0.2) is 0 Å². The molecule has 1 aromatic heterocycles. The zero-order chi connectivity index (χ0) is 19.1. The molecule has 1 aliphatic rings. The smallest absolute Gasteiger partial charge is 0.329 e. The number of nitrogens with one attached hydrogen (secondary N) is 1. The molecule has 2 heterocycles. The molecule has 0 saturated carbocycles. The molecule has 26 heavy (non-hydrogen) atoms. The van der Waals surface area contributed by atoms with Gasteiger partial charge in [-0.05, 0) is 18.2 Å². The number of likely N-dealkylation sites (tertiary alicyclic amines) is 1. The first-order chi connectivity index (χ1) is 12.2. The quantitative estimate of drug-likeness (QED) is 0.803. The van der Waals surface area contributed by atoms with E-state index in [0.29, 0.717) is 11.0 Å². The van der Waals surface area contributed by atoms with E-state index in [1.165, 1.54) is 9.13 Å². The van der Waals surface area contributed by atoms with Crippen LogP contribution >= 0.6 is 0 Å².